The van der Waals surface area contributed by atoms with Gasteiger partial charge in [0, 0.05) is 6.42 Å². The van der Waals surface area contributed by atoms with E-state index in [0.717, 1.165) is 0 Å². The maximum absolute atomic E-state index is 10.8. The van der Waals surface area contributed by atoms with Crippen LogP contribution in [0.3, 0.4) is 0 Å². The van der Waals surface area contributed by atoms with Crippen molar-refractivity contribution in [1.29, 1.82) is 0 Å². The zero-order valence-corrected chi connectivity index (χ0v) is 6.46. The SMILES string of the molecule is C=C=CCC(=O)C(=O)C=CC. The minimum Gasteiger partial charge on any atom is -0.290 e. The fourth-order valence-corrected chi connectivity index (χ4v) is 0.510. The van der Waals surface area contributed by atoms with Crippen molar-refractivity contribution in [3.05, 3.63) is 30.5 Å². The molecule has 0 saturated carbocycles. The first kappa shape index (κ1) is 9.60. The number of rotatable bonds is 4. The molecule has 0 amide bonds. The summed E-state index contributed by atoms with van der Waals surface area (Å²) in [6.45, 7) is 4.96. The van der Waals surface area contributed by atoms with Gasteiger partial charge in [0.1, 0.15) is 0 Å². The van der Waals surface area contributed by atoms with Crippen molar-refractivity contribution in [2.75, 3.05) is 0 Å². The molecule has 0 atom stereocenters. The van der Waals surface area contributed by atoms with Crippen molar-refractivity contribution in [3.63, 3.8) is 0 Å². The van der Waals surface area contributed by atoms with Gasteiger partial charge in [0.25, 0.3) is 0 Å². The number of hydrogen-bond donors (Lipinski definition) is 0. The molecule has 0 aliphatic heterocycles. The number of hydrogen-bond acceptors (Lipinski definition) is 2. The normalized spacial score (nSPS) is 9.18. The van der Waals surface area contributed by atoms with E-state index >= 15 is 0 Å². The maximum atomic E-state index is 10.8. The van der Waals surface area contributed by atoms with E-state index in [1.807, 2.05) is 0 Å². The molecule has 2 heteroatoms. The standard InChI is InChI=1S/C9H10O2/c1-3-5-7-9(11)8(10)6-4-2/h4-6H,1,7H2,2H3. The van der Waals surface area contributed by atoms with Crippen molar-refractivity contribution in [2.24, 2.45) is 0 Å². The second kappa shape index (κ2) is 5.39. The van der Waals surface area contributed by atoms with Gasteiger partial charge in [-0.05, 0) is 19.1 Å². The van der Waals surface area contributed by atoms with Crippen LogP contribution < -0.4 is 0 Å². The van der Waals surface area contributed by atoms with Crippen molar-refractivity contribution >= 4 is 11.6 Å². The summed E-state index contributed by atoms with van der Waals surface area (Å²) in [6, 6.07) is 0. The number of allylic oxidation sites excluding steroid dienone is 3. The van der Waals surface area contributed by atoms with Crippen LogP contribution in [-0.4, -0.2) is 11.6 Å². The Balaban J connectivity index is 4.03. The second-order valence-corrected chi connectivity index (χ2v) is 1.90. The monoisotopic (exact) mass is 150 g/mol. The third-order valence-corrected chi connectivity index (χ3v) is 1.02. The van der Waals surface area contributed by atoms with Crippen LogP contribution in [0.25, 0.3) is 0 Å². The van der Waals surface area contributed by atoms with Crippen LogP contribution in [0.4, 0.5) is 0 Å². The Morgan fingerprint density at radius 3 is 2.64 bits per heavy atom. The van der Waals surface area contributed by atoms with Crippen LogP contribution in [0, 0.1) is 0 Å². The quantitative estimate of drug-likeness (QED) is 0.345. The molecule has 0 aromatic rings. The minimum atomic E-state index is -0.473. The molecule has 0 bridgehead atoms. The van der Waals surface area contributed by atoms with Gasteiger partial charge in [-0.3, -0.25) is 9.59 Å². The molecule has 0 fully saturated rings. The fourth-order valence-electron chi connectivity index (χ4n) is 0.510. The van der Waals surface area contributed by atoms with Gasteiger partial charge >= 0.3 is 0 Å². The van der Waals surface area contributed by atoms with Gasteiger partial charge in [-0.15, -0.1) is 5.73 Å². The summed E-state index contributed by atoms with van der Waals surface area (Å²) in [7, 11) is 0. The first-order valence-corrected chi connectivity index (χ1v) is 3.26. The highest BCUT2D eigenvalue weighted by atomic mass is 16.2. The highest BCUT2D eigenvalue weighted by molar-refractivity contribution is 6.41. The van der Waals surface area contributed by atoms with E-state index in [0.29, 0.717) is 0 Å². The van der Waals surface area contributed by atoms with Crippen LogP contribution in [0.1, 0.15) is 13.3 Å². The maximum Gasteiger partial charge on any atom is 0.221 e. The Labute approximate surface area is 65.9 Å². The van der Waals surface area contributed by atoms with Gasteiger partial charge in [0.05, 0.1) is 0 Å². The Morgan fingerprint density at radius 1 is 1.55 bits per heavy atom. The minimum absolute atomic E-state index is 0.0900. The Hall–Kier alpha value is -1.40. The lowest BCUT2D eigenvalue weighted by Gasteiger charge is -1.86. The van der Waals surface area contributed by atoms with Crippen molar-refractivity contribution in [2.45, 2.75) is 13.3 Å². The van der Waals surface area contributed by atoms with Gasteiger partial charge < -0.3 is 0 Å². The van der Waals surface area contributed by atoms with Crippen molar-refractivity contribution < 1.29 is 9.59 Å². The van der Waals surface area contributed by atoms with Crippen LogP contribution in [-0.2, 0) is 9.59 Å². The highest BCUT2D eigenvalue weighted by Gasteiger charge is 2.06. The molecule has 0 spiro atoms. The summed E-state index contributed by atoms with van der Waals surface area (Å²) < 4.78 is 0. The third kappa shape index (κ3) is 4.06. The van der Waals surface area contributed by atoms with Crippen LogP contribution in [0.15, 0.2) is 30.5 Å². The van der Waals surface area contributed by atoms with Gasteiger partial charge in [-0.2, -0.15) is 0 Å². The molecule has 0 N–H and O–H groups in total. The zero-order valence-electron chi connectivity index (χ0n) is 6.46. The molecule has 0 aliphatic carbocycles. The van der Waals surface area contributed by atoms with Gasteiger partial charge in [0.15, 0.2) is 0 Å². The molecular weight excluding hydrogens is 140 g/mol. The van der Waals surface area contributed by atoms with E-state index in [9.17, 15) is 9.59 Å². The molecule has 0 aliphatic rings. The third-order valence-electron chi connectivity index (χ3n) is 1.02. The Morgan fingerprint density at radius 2 is 2.18 bits per heavy atom. The zero-order chi connectivity index (χ0) is 8.69. The van der Waals surface area contributed by atoms with Crippen LogP contribution in [0.2, 0.25) is 0 Å². The van der Waals surface area contributed by atoms with Gasteiger partial charge in [-0.1, -0.05) is 12.7 Å². The average molecular weight is 150 g/mol. The first-order chi connectivity index (χ1) is 5.22. The largest absolute Gasteiger partial charge is 0.290 e. The van der Waals surface area contributed by atoms with Crippen LogP contribution >= 0.6 is 0 Å². The highest BCUT2D eigenvalue weighted by Crippen LogP contribution is 1.88. The number of Topliss-reactive ketones (excluding diaryl/α,β-unsaturated/α-hetero) is 1. The summed E-state index contributed by atoms with van der Waals surface area (Å²) in [6.07, 6.45) is 4.31. The van der Waals surface area contributed by atoms with Crippen molar-refractivity contribution in [1.82, 2.24) is 0 Å². The molecule has 0 radical (unpaired) electrons. The summed E-state index contributed by atoms with van der Waals surface area (Å²) in [5, 5.41) is 0. The molecule has 0 heterocycles. The smallest absolute Gasteiger partial charge is 0.221 e. The molecule has 0 aromatic carbocycles. The molecule has 0 rings (SSSR count). The predicted octanol–water partition coefficient (Wildman–Crippen LogP) is 1.43. The number of carbonyl (C=O) groups is 2. The summed E-state index contributed by atoms with van der Waals surface area (Å²) >= 11 is 0. The van der Waals surface area contributed by atoms with Crippen molar-refractivity contribution in [3.8, 4) is 0 Å². The number of carbonyl (C=O) groups excluding carboxylic acids is 2. The van der Waals surface area contributed by atoms with E-state index in [1.165, 1.54) is 18.2 Å². The summed E-state index contributed by atoms with van der Waals surface area (Å²) in [5.41, 5.74) is 2.42. The molecule has 2 nitrogen and oxygen atoms in total. The molecule has 0 saturated heterocycles. The predicted molar refractivity (Wildman–Crippen MR) is 43.2 cm³/mol. The molecule has 58 valence electrons. The number of ketones is 2. The fraction of sp³-hybridized carbons (Fsp3) is 0.222. The lowest BCUT2D eigenvalue weighted by Crippen LogP contribution is -2.08. The van der Waals surface area contributed by atoms with E-state index in [4.69, 9.17) is 0 Å². The molecule has 0 aromatic heterocycles. The average Bonchev–Trinajstić information content (AvgIpc) is 2.00. The van der Waals surface area contributed by atoms with Gasteiger partial charge in [-0.25, -0.2) is 0 Å². The van der Waals surface area contributed by atoms with Gasteiger partial charge in [0.2, 0.25) is 11.6 Å². The topological polar surface area (TPSA) is 34.1 Å². The van der Waals surface area contributed by atoms with E-state index in [1.54, 1.807) is 6.92 Å². The Bertz CT molecular complexity index is 230. The molecular formula is C9H10O2. The van der Waals surface area contributed by atoms with E-state index < -0.39 is 11.6 Å². The van der Waals surface area contributed by atoms with E-state index in [-0.39, 0.29) is 6.42 Å². The summed E-state index contributed by atoms with van der Waals surface area (Å²) in [4.78, 5) is 21.5. The lowest BCUT2D eigenvalue weighted by molar-refractivity contribution is -0.133. The first-order valence-electron chi connectivity index (χ1n) is 3.26. The summed E-state index contributed by atoms with van der Waals surface area (Å²) in [5.74, 6) is -0.904. The second-order valence-electron chi connectivity index (χ2n) is 1.90. The molecule has 0 unspecified atom stereocenters. The molecule has 11 heavy (non-hydrogen) atoms. The Kier molecular flexibility index (Phi) is 4.70. The van der Waals surface area contributed by atoms with E-state index in [2.05, 4.69) is 12.3 Å². The lowest BCUT2D eigenvalue weighted by atomic mass is 10.2. The van der Waals surface area contributed by atoms with Crippen LogP contribution in [0.5, 0.6) is 0 Å².